The van der Waals surface area contributed by atoms with Crippen LogP contribution in [0.4, 0.5) is 0 Å². The zero-order chi connectivity index (χ0) is 8.65. The van der Waals surface area contributed by atoms with Crippen molar-refractivity contribution < 1.29 is 0 Å². The number of rotatable bonds is 5. The smallest absolute Gasteiger partial charge is 0.0134 e. The lowest BCUT2D eigenvalue weighted by molar-refractivity contribution is 0.708. The summed E-state index contributed by atoms with van der Waals surface area (Å²) < 4.78 is 0. The van der Waals surface area contributed by atoms with Crippen molar-refractivity contribution in [1.82, 2.24) is 0 Å². The molecule has 0 saturated heterocycles. The second kappa shape index (κ2) is 6.05. The van der Waals surface area contributed by atoms with Crippen molar-refractivity contribution in [3.8, 4) is 0 Å². The average molecular weight is 163 g/mol. The quantitative estimate of drug-likeness (QED) is 0.536. The van der Waals surface area contributed by atoms with Crippen LogP contribution >= 0.6 is 0 Å². The third-order valence-corrected chi connectivity index (χ3v) is 2.26. The predicted octanol–water partition coefficient (Wildman–Crippen LogP) is 4.05. The van der Waals surface area contributed by atoms with Crippen LogP contribution in [0.15, 0.2) is 23.8 Å². The summed E-state index contributed by atoms with van der Waals surface area (Å²) in [6.07, 6.45) is 16.9. The van der Waals surface area contributed by atoms with Gasteiger partial charge in [0.2, 0.25) is 0 Å². The van der Waals surface area contributed by atoms with Gasteiger partial charge in [0.25, 0.3) is 0 Å². The Hall–Kier alpha value is -0.520. The van der Waals surface area contributed by atoms with Crippen LogP contribution in [0.2, 0.25) is 0 Å². The van der Waals surface area contributed by atoms with E-state index in [1.165, 1.54) is 44.1 Å². The van der Waals surface area contributed by atoms with Crippen LogP contribution in [-0.4, -0.2) is 0 Å². The highest BCUT2D eigenvalue weighted by Crippen LogP contribution is 2.17. The second-order valence-electron chi connectivity index (χ2n) is 3.41. The van der Waals surface area contributed by atoms with Gasteiger partial charge in [-0.25, -0.2) is 0 Å². The Kier molecular flexibility index (Phi) is 4.82. The zero-order valence-electron chi connectivity index (χ0n) is 8.05. The van der Waals surface area contributed by atoms with Gasteiger partial charge in [-0.2, -0.15) is 0 Å². The summed E-state index contributed by atoms with van der Waals surface area (Å²) in [7, 11) is 0. The van der Waals surface area contributed by atoms with Crippen molar-refractivity contribution in [2.75, 3.05) is 0 Å². The van der Waals surface area contributed by atoms with Gasteiger partial charge in [0, 0.05) is 0 Å². The van der Waals surface area contributed by atoms with Gasteiger partial charge >= 0.3 is 0 Å². The zero-order valence-corrected chi connectivity index (χ0v) is 8.05. The van der Waals surface area contributed by atoms with Crippen molar-refractivity contribution in [2.45, 2.75) is 45.4 Å². The largest absolute Gasteiger partial charge is 0.0842 e. The van der Waals surface area contributed by atoms with Crippen LogP contribution < -0.4 is 0 Å². The SMILES string of the molecule is CCCCC[CH]C1=CC=CCC1. The molecule has 0 bridgehead atoms. The molecule has 0 atom stereocenters. The van der Waals surface area contributed by atoms with Gasteiger partial charge in [-0.1, -0.05) is 50.0 Å². The minimum atomic E-state index is 1.23. The monoisotopic (exact) mass is 163 g/mol. The number of hydrogen-bond donors (Lipinski definition) is 0. The maximum atomic E-state index is 2.40. The van der Waals surface area contributed by atoms with Crippen molar-refractivity contribution in [3.63, 3.8) is 0 Å². The first-order chi connectivity index (χ1) is 5.93. The fourth-order valence-corrected chi connectivity index (χ4v) is 1.47. The van der Waals surface area contributed by atoms with Gasteiger partial charge in [-0.3, -0.25) is 0 Å². The molecule has 1 radical (unpaired) electrons. The number of unbranched alkanes of at least 4 members (excludes halogenated alkanes) is 3. The normalized spacial score (nSPS) is 16.2. The van der Waals surface area contributed by atoms with Gasteiger partial charge < -0.3 is 0 Å². The Morgan fingerprint density at radius 3 is 3.00 bits per heavy atom. The highest BCUT2D eigenvalue weighted by atomic mass is 14.0. The van der Waals surface area contributed by atoms with Crippen LogP contribution in [0.5, 0.6) is 0 Å². The predicted molar refractivity (Wildman–Crippen MR) is 54.9 cm³/mol. The number of allylic oxidation sites excluding steroid dienone is 4. The molecule has 0 saturated carbocycles. The van der Waals surface area contributed by atoms with Crippen LogP contribution in [0.25, 0.3) is 0 Å². The Morgan fingerprint density at radius 1 is 1.42 bits per heavy atom. The second-order valence-corrected chi connectivity index (χ2v) is 3.41. The molecule has 67 valence electrons. The molecule has 0 nitrogen and oxygen atoms in total. The lowest BCUT2D eigenvalue weighted by Gasteiger charge is -2.07. The molecule has 1 aliphatic rings. The fourth-order valence-electron chi connectivity index (χ4n) is 1.47. The molecule has 12 heavy (non-hydrogen) atoms. The summed E-state index contributed by atoms with van der Waals surface area (Å²) in [5.74, 6) is 0. The topological polar surface area (TPSA) is 0 Å². The molecule has 0 fully saturated rings. The van der Waals surface area contributed by atoms with E-state index in [0.717, 1.165) is 0 Å². The van der Waals surface area contributed by atoms with Crippen molar-refractivity contribution >= 4 is 0 Å². The van der Waals surface area contributed by atoms with Crippen LogP contribution in [0, 0.1) is 6.42 Å². The van der Waals surface area contributed by atoms with E-state index in [2.05, 4.69) is 31.6 Å². The highest BCUT2D eigenvalue weighted by molar-refractivity contribution is 5.23. The Balaban J connectivity index is 2.06. The van der Waals surface area contributed by atoms with Gasteiger partial charge in [0.1, 0.15) is 0 Å². The molecule has 0 aromatic heterocycles. The molecule has 0 N–H and O–H groups in total. The molecule has 0 aromatic carbocycles. The van der Waals surface area contributed by atoms with Crippen LogP contribution in [-0.2, 0) is 0 Å². The molecule has 0 spiro atoms. The molecule has 1 rings (SSSR count). The maximum Gasteiger partial charge on any atom is -0.0134 e. The third kappa shape index (κ3) is 3.75. The summed E-state index contributed by atoms with van der Waals surface area (Å²) in [5, 5.41) is 0. The molecular weight excluding hydrogens is 144 g/mol. The lowest BCUT2D eigenvalue weighted by Crippen LogP contribution is -1.88. The summed E-state index contributed by atoms with van der Waals surface area (Å²) in [4.78, 5) is 0. The van der Waals surface area contributed by atoms with E-state index in [1.54, 1.807) is 0 Å². The Bertz CT molecular complexity index is 163. The first-order valence-corrected chi connectivity index (χ1v) is 5.12. The summed E-state index contributed by atoms with van der Waals surface area (Å²) in [6.45, 7) is 2.25. The fraction of sp³-hybridized carbons (Fsp3) is 0.583. The molecule has 0 heteroatoms. The minimum Gasteiger partial charge on any atom is -0.0842 e. The minimum absolute atomic E-state index is 1.23. The first-order valence-electron chi connectivity index (χ1n) is 5.12. The average Bonchev–Trinajstić information content (AvgIpc) is 2.14. The molecular formula is C12H19. The van der Waals surface area contributed by atoms with Crippen molar-refractivity contribution in [1.29, 1.82) is 0 Å². The summed E-state index contributed by atoms with van der Waals surface area (Å²) >= 11 is 0. The first kappa shape index (κ1) is 9.57. The van der Waals surface area contributed by atoms with Crippen molar-refractivity contribution in [2.24, 2.45) is 0 Å². The van der Waals surface area contributed by atoms with Crippen molar-refractivity contribution in [3.05, 3.63) is 30.2 Å². The van der Waals surface area contributed by atoms with E-state index in [0.29, 0.717) is 0 Å². The molecule has 0 amide bonds. The van der Waals surface area contributed by atoms with E-state index < -0.39 is 0 Å². The van der Waals surface area contributed by atoms with Gasteiger partial charge in [0.15, 0.2) is 0 Å². The van der Waals surface area contributed by atoms with Crippen LogP contribution in [0.1, 0.15) is 45.4 Å². The van der Waals surface area contributed by atoms with Gasteiger partial charge in [0.05, 0.1) is 0 Å². The Labute approximate surface area is 76.4 Å². The van der Waals surface area contributed by atoms with E-state index in [4.69, 9.17) is 0 Å². The number of hydrogen-bond acceptors (Lipinski definition) is 0. The molecule has 0 aromatic rings. The molecule has 0 aliphatic heterocycles. The van der Waals surface area contributed by atoms with E-state index in [1.807, 2.05) is 0 Å². The van der Waals surface area contributed by atoms with E-state index in [-0.39, 0.29) is 0 Å². The van der Waals surface area contributed by atoms with Crippen LogP contribution in [0.3, 0.4) is 0 Å². The standard InChI is InChI=1S/C12H19/c1-2-3-4-6-9-12-10-7-5-8-11-12/h5,7,9-10H,2-4,6,8,11H2,1H3. The van der Waals surface area contributed by atoms with E-state index in [9.17, 15) is 0 Å². The summed E-state index contributed by atoms with van der Waals surface area (Å²) in [5.41, 5.74) is 1.54. The van der Waals surface area contributed by atoms with E-state index >= 15 is 0 Å². The summed E-state index contributed by atoms with van der Waals surface area (Å²) in [6, 6.07) is 0. The molecule has 1 aliphatic carbocycles. The highest BCUT2D eigenvalue weighted by Gasteiger charge is 1.98. The van der Waals surface area contributed by atoms with Gasteiger partial charge in [-0.15, -0.1) is 0 Å². The van der Waals surface area contributed by atoms with Gasteiger partial charge in [-0.05, 0) is 25.7 Å². The lowest BCUT2D eigenvalue weighted by atomic mass is 9.99. The Morgan fingerprint density at radius 2 is 2.33 bits per heavy atom. The third-order valence-electron chi connectivity index (χ3n) is 2.26. The maximum absolute atomic E-state index is 2.40. The molecule has 0 heterocycles. The molecule has 0 unspecified atom stereocenters.